The van der Waals surface area contributed by atoms with Crippen LogP contribution in [0.3, 0.4) is 0 Å². The monoisotopic (exact) mass is 384 g/mol. The van der Waals surface area contributed by atoms with Gasteiger partial charge in [-0.3, -0.25) is 14.6 Å². The molecule has 1 saturated heterocycles. The van der Waals surface area contributed by atoms with Crippen LogP contribution in [0.15, 0.2) is 30.3 Å². The zero-order chi connectivity index (χ0) is 18.6. The number of nitrogens with zero attached hydrogens (tertiary/aromatic N) is 3. The van der Waals surface area contributed by atoms with E-state index in [-0.39, 0.29) is 5.91 Å². The van der Waals surface area contributed by atoms with E-state index >= 15 is 0 Å². The van der Waals surface area contributed by atoms with Crippen molar-refractivity contribution in [2.24, 2.45) is 5.92 Å². The number of benzene rings is 1. The zero-order valence-corrected chi connectivity index (χ0v) is 16.8. The van der Waals surface area contributed by atoms with E-state index in [1.54, 1.807) is 11.3 Å². The lowest BCUT2D eigenvalue weighted by atomic mass is 9.93. The summed E-state index contributed by atoms with van der Waals surface area (Å²) in [4.78, 5) is 23.1. The Bertz CT molecular complexity index is 768. The van der Waals surface area contributed by atoms with Crippen LogP contribution in [0, 0.1) is 5.92 Å². The van der Waals surface area contributed by atoms with E-state index < -0.39 is 0 Å². The van der Waals surface area contributed by atoms with Crippen LogP contribution in [-0.2, 0) is 24.2 Å². The number of carbonyl (C=O) groups is 1. The van der Waals surface area contributed by atoms with Crippen LogP contribution in [-0.4, -0.2) is 53.4 Å². The Morgan fingerprint density at radius 2 is 1.93 bits per heavy atom. The fourth-order valence-electron chi connectivity index (χ4n) is 3.90. The van der Waals surface area contributed by atoms with Crippen molar-refractivity contribution in [2.45, 2.75) is 32.7 Å². The molecule has 1 N–H and O–H groups in total. The van der Waals surface area contributed by atoms with E-state index in [1.165, 1.54) is 22.6 Å². The van der Waals surface area contributed by atoms with E-state index in [0.717, 1.165) is 56.6 Å². The molecule has 6 heteroatoms. The summed E-state index contributed by atoms with van der Waals surface area (Å²) in [6, 6.07) is 10.6. The van der Waals surface area contributed by atoms with E-state index in [9.17, 15) is 4.79 Å². The summed E-state index contributed by atoms with van der Waals surface area (Å²) in [5.74, 6) is 0.791. The Kier molecular flexibility index (Phi) is 5.86. The van der Waals surface area contributed by atoms with Crippen molar-refractivity contribution < 1.29 is 4.79 Å². The molecule has 0 radical (unpaired) electrons. The molecule has 1 atom stereocenters. The summed E-state index contributed by atoms with van der Waals surface area (Å²) < 4.78 is 0. The highest BCUT2D eigenvalue weighted by Crippen LogP contribution is 2.32. The molecule has 1 amide bonds. The molecule has 0 bridgehead atoms. The van der Waals surface area contributed by atoms with Gasteiger partial charge in [0.25, 0.3) is 0 Å². The first kappa shape index (κ1) is 18.6. The molecule has 2 heterocycles. The van der Waals surface area contributed by atoms with Crippen LogP contribution in [0.4, 0.5) is 5.13 Å². The van der Waals surface area contributed by atoms with E-state index in [1.807, 2.05) is 0 Å². The third kappa shape index (κ3) is 4.94. The van der Waals surface area contributed by atoms with E-state index in [2.05, 4.69) is 57.4 Å². The van der Waals surface area contributed by atoms with Gasteiger partial charge in [-0.25, -0.2) is 4.98 Å². The van der Waals surface area contributed by atoms with Gasteiger partial charge in [-0.05, 0) is 30.7 Å². The number of hydrogen-bond donors (Lipinski definition) is 1. The molecule has 2 aliphatic rings. The third-order valence-electron chi connectivity index (χ3n) is 5.51. The fourth-order valence-corrected chi connectivity index (χ4v) is 5.09. The van der Waals surface area contributed by atoms with Gasteiger partial charge >= 0.3 is 0 Å². The first-order chi connectivity index (χ1) is 13.2. The number of aromatic nitrogens is 1. The number of nitrogens with one attached hydrogen (secondary N) is 1. The number of amides is 1. The Morgan fingerprint density at radius 3 is 2.70 bits per heavy atom. The zero-order valence-electron chi connectivity index (χ0n) is 16.0. The number of anilines is 1. The molecule has 1 aliphatic heterocycles. The van der Waals surface area contributed by atoms with Crippen molar-refractivity contribution in [3.8, 4) is 0 Å². The molecule has 1 aliphatic carbocycles. The van der Waals surface area contributed by atoms with Gasteiger partial charge in [-0.15, -0.1) is 11.3 Å². The van der Waals surface area contributed by atoms with Gasteiger partial charge in [-0.2, -0.15) is 0 Å². The second kappa shape index (κ2) is 8.50. The van der Waals surface area contributed by atoms with E-state index in [0.29, 0.717) is 6.54 Å². The fraction of sp³-hybridized carbons (Fsp3) is 0.524. The van der Waals surface area contributed by atoms with Gasteiger partial charge in [0, 0.05) is 37.6 Å². The van der Waals surface area contributed by atoms with Gasteiger partial charge in [0.15, 0.2) is 5.13 Å². The predicted octanol–water partition coefficient (Wildman–Crippen LogP) is 3.02. The first-order valence-electron chi connectivity index (χ1n) is 9.93. The Morgan fingerprint density at radius 1 is 1.19 bits per heavy atom. The van der Waals surface area contributed by atoms with Crippen LogP contribution in [0.25, 0.3) is 0 Å². The van der Waals surface area contributed by atoms with E-state index in [4.69, 9.17) is 0 Å². The molecule has 4 rings (SSSR count). The number of thiazole rings is 1. The molecule has 0 unspecified atom stereocenters. The first-order valence-corrected chi connectivity index (χ1v) is 10.7. The van der Waals surface area contributed by atoms with Crippen molar-refractivity contribution in [1.82, 2.24) is 14.8 Å². The Labute approximate surface area is 165 Å². The lowest BCUT2D eigenvalue weighted by Crippen LogP contribution is -2.48. The van der Waals surface area contributed by atoms with Crippen LogP contribution < -0.4 is 5.32 Å². The number of aryl methyl sites for hydroxylation is 1. The maximum atomic E-state index is 12.4. The van der Waals surface area contributed by atoms with Gasteiger partial charge < -0.3 is 5.32 Å². The molecule has 0 spiro atoms. The van der Waals surface area contributed by atoms with Gasteiger partial charge in [-0.1, -0.05) is 37.3 Å². The second-order valence-electron chi connectivity index (χ2n) is 7.82. The highest BCUT2D eigenvalue weighted by molar-refractivity contribution is 7.15. The summed E-state index contributed by atoms with van der Waals surface area (Å²) in [5.41, 5.74) is 2.55. The predicted molar refractivity (Wildman–Crippen MR) is 110 cm³/mol. The number of carbonyl (C=O) groups excluding carboxylic acids is 1. The number of hydrogen-bond acceptors (Lipinski definition) is 5. The normalized spacial score (nSPS) is 21.0. The second-order valence-corrected chi connectivity index (χ2v) is 8.91. The molecule has 5 nitrogen and oxygen atoms in total. The summed E-state index contributed by atoms with van der Waals surface area (Å²) in [6.45, 7) is 7.62. The van der Waals surface area contributed by atoms with Crippen LogP contribution in [0.2, 0.25) is 0 Å². The van der Waals surface area contributed by atoms with Crippen molar-refractivity contribution in [3.63, 3.8) is 0 Å². The van der Waals surface area contributed by atoms with Crippen LogP contribution in [0.5, 0.6) is 0 Å². The summed E-state index contributed by atoms with van der Waals surface area (Å²) >= 11 is 1.66. The van der Waals surface area contributed by atoms with Gasteiger partial charge in [0.2, 0.25) is 5.91 Å². The number of piperazine rings is 1. The van der Waals surface area contributed by atoms with Crippen molar-refractivity contribution in [2.75, 3.05) is 38.0 Å². The third-order valence-corrected chi connectivity index (χ3v) is 6.55. The number of rotatable bonds is 5. The minimum absolute atomic E-state index is 0.0608. The molecular formula is C21H28N4OS. The highest BCUT2D eigenvalue weighted by Gasteiger charge is 2.22. The summed E-state index contributed by atoms with van der Waals surface area (Å²) in [6.07, 6.45) is 3.36. The molecule has 144 valence electrons. The maximum absolute atomic E-state index is 12.4. The molecule has 0 saturated carbocycles. The quantitative estimate of drug-likeness (QED) is 0.861. The molecule has 1 aromatic carbocycles. The summed E-state index contributed by atoms with van der Waals surface area (Å²) in [5, 5.41) is 3.80. The standard InChI is InChI=1S/C21H28N4OS/c1-16-7-8-18-19(13-16)27-21(22-18)23-20(26)15-25-11-9-24(10-12-25)14-17-5-3-2-4-6-17/h2-6,16H,7-15H2,1H3,(H,22,23,26)/t16-/m0/s1. The molecule has 1 fully saturated rings. The molecular weight excluding hydrogens is 356 g/mol. The smallest absolute Gasteiger partial charge is 0.240 e. The minimum Gasteiger partial charge on any atom is -0.301 e. The van der Waals surface area contributed by atoms with Gasteiger partial charge in [0.1, 0.15) is 0 Å². The minimum atomic E-state index is 0.0608. The topological polar surface area (TPSA) is 48.5 Å². The average Bonchev–Trinajstić information content (AvgIpc) is 3.05. The average molecular weight is 385 g/mol. The van der Waals surface area contributed by atoms with Crippen molar-refractivity contribution in [1.29, 1.82) is 0 Å². The van der Waals surface area contributed by atoms with Crippen LogP contribution >= 0.6 is 11.3 Å². The SMILES string of the molecule is C[C@H]1CCc2nc(NC(=O)CN3CCN(Cc4ccccc4)CC3)sc2C1. The number of fused-ring (bicyclic) bond motifs is 1. The Hall–Kier alpha value is -1.76. The molecule has 27 heavy (non-hydrogen) atoms. The summed E-state index contributed by atoms with van der Waals surface area (Å²) in [7, 11) is 0. The highest BCUT2D eigenvalue weighted by atomic mass is 32.1. The largest absolute Gasteiger partial charge is 0.301 e. The van der Waals surface area contributed by atoms with Crippen LogP contribution in [0.1, 0.15) is 29.5 Å². The van der Waals surface area contributed by atoms with Gasteiger partial charge in [0.05, 0.1) is 12.2 Å². The van der Waals surface area contributed by atoms with Crippen molar-refractivity contribution >= 4 is 22.4 Å². The lowest BCUT2D eigenvalue weighted by molar-refractivity contribution is -0.117. The molecule has 1 aromatic heterocycles. The maximum Gasteiger partial charge on any atom is 0.240 e. The lowest BCUT2D eigenvalue weighted by Gasteiger charge is -2.34. The molecule has 2 aromatic rings. The Balaban J connectivity index is 1.23. The van der Waals surface area contributed by atoms with Crippen molar-refractivity contribution in [3.05, 3.63) is 46.5 Å².